The summed E-state index contributed by atoms with van der Waals surface area (Å²) in [6.07, 6.45) is 13.7. The molecule has 5 aromatic rings. The number of anilines is 5. The van der Waals surface area contributed by atoms with Crippen LogP contribution in [-0.4, -0.2) is 100 Å². The van der Waals surface area contributed by atoms with Crippen LogP contribution in [0.3, 0.4) is 0 Å². The summed E-state index contributed by atoms with van der Waals surface area (Å²) in [4.78, 5) is 23.4. The smallest absolute Gasteiger partial charge is 0.229 e. The summed E-state index contributed by atoms with van der Waals surface area (Å²) in [5, 5.41) is 11.9. The Bertz CT molecular complexity index is 2070. The van der Waals surface area contributed by atoms with Crippen LogP contribution in [0.25, 0.3) is 22.2 Å². The Morgan fingerprint density at radius 3 is 2.37 bits per heavy atom. The molecule has 2 saturated heterocycles. The molecule has 2 fully saturated rings. The number of piperidine rings is 2. The van der Waals surface area contributed by atoms with Crippen LogP contribution >= 0.6 is 23.1 Å². The van der Waals surface area contributed by atoms with Crippen LogP contribution < -0.4 is 25.6 Å². The number of methoxy groups -OCH3 is 2. The minimum atomic E-state index is -2.77. The fourth-order valence-electron chi connectivity index (χ4n) is 7.27. The van der Waals surface area contributed by atoms with Crippen molar-refractivity contribution in [3.63, 3.8) is 0 Å². The highest BCUT2D eigenvalue weighted by molar-refractivity contribution is 9.10. The van der Waals surface area contributed by atoms with Gasteiger partial charge < -0.3 is 34.5 Å². The molecule has 2 aliphatic rings. The van der Waals surface area contributed by atoms with E-state index in [0.29, 0.717) is 56.2 Å². The zero-order valence-corrected chi connectivity index (χ0v) is 32.1. The van der Waals surface area contributed by atoms with Gasteiger partial charge in [0.2, 0.25) is 5.95 Å². The molecular formula is C36H44BrN10O3P. The van der Waals surface area contributed by atoms with Gasteiger partial charge in [0.1, 0.15) is 24.2 Å². The van der Waals surface area contributed by atoms with E-state index in [4.69, 9.17) is 14.5 Å². The van der Waals surface area contributed by atoms with Crippen molar-refractivity contribution < 1.29 is 14.0 Å². The number of aromatic nitrogens is 6. The zero-order chi connectivity index (χ0) is 35.7. The topological polar surface area (TPSA) is 135 Å². The second-order valence-electron chi connectivity index (χ2n) is 13.5. The molecule has 0 radical (unpaired) electrons. The van der Waals surface area contributed by atoms with Gasteiger partial charge >= 0.3 is 0 Å². The Morgan fingerprint density at radius 1 is 0.922 bits per heavy atom. The number of nitrogens with zero attached hydrogens (tertiary/aromatic N) is 8. The normalized spacial score (nSPS) is 16.5. The average Bonchev–Trinajstić information content (AvgIpc) is 3.58. The van der Waals surface area contributed by atoms with Crippen LogP contribution in [0.2, 0.25) is 0 Å². The minimum Gasteiger partial charge on any atom is -0.494 e. The number of fused-ring (bicyclic) bond motifs is 1. The van der Waals surface area contributed by atoms with Gasteiger partial charge in [-0.05, 0) is 73.1 Å². The summed E-state index contributed by atoms with van der Waals surface area (Å²) in [6, 6.07) is 8.51. The van der Waals surface area contributed by atoms with Gasteiger partial charge in [-0.15, -0.1) is 0 Å². The monoisotopic (exact) mass is 774 g/mol. The first-order valence-corrected chi connectivity index (χ1v) is 20.6. The number of benzene rings is 2. The van der Waals surface area contributed by atoms with Crippen molar-refractivity contribution in [2.24, 2.45) is 7.05 Å². The first kappa shape index (κ1) is 35.3. The molecule has 268 valence electrons. The van der Waals surface area contributed by atoms with E-state index in [-0.39, 0.29) is 0 Å². The first-order valence-electron chi connectivity index (χ1n) is 17.2. The lowest BCUT2D eigenvalue weighted by atomic mass is 9.97. The Kier molecular flexibility index (Phi) is 10.3. The first-order chi connectivity index (χ1) is 24.6. The fourth-order valence-corrected chi connectivity index (χ4v) is 8.95. The number of rotatable bonds is 10. The van der Waals surface area contributed by atoms with Crippen molar-refractivity contribution in [1.82, 2.24) is 34.6 Å². The van der Waals surface area contributed by atoms with E-state index in [1.165, 1.54) is 0 Å². The molecule has 0 unspecified atom stereocenters. The molecule has 15 heteroatoms. The van der Waals surface area contributed by atoms with Gasteiger partial charge in [0.05, 0.1) is 46.1 Å². The zero-order valence-electron chi connectivity index (χ0n) is 29.6. The molecular weight excluding hydrogens is 731 g/mol. The Morgan fingerprint density at radius 2 is 1.69 bits per heavy atom. The largest absolute Gasteiger partial charge is 0.494 e. The van der Waals surface area contributed by atoms with Crippen LogP contribution in [0.1, 0.15) is 25.7 Å². The second-order valence-corrected chi connectivity index (χ2v) is 17.5. The lowest BCUT2D eigenvalue weighted by Gasteiger charge is -2.42. The van der Waals surface area contributed by atoms with E-state index in [1.807, 2.05) is 43.4 Å². The molecule has 0 saturated carbocycles. The van der Waals surface area contributed by atoms with Gasteiger partial charge in [-0.1, -0.05) is 0 Å². The lowest BCUT2D eigenvalue weighted by Crippen LogP contribution is -2.48. The van der Waals surface area contributed by atoms with Crippen LogP contribution in [0, 0.1) is 0 Å². The number of aryl methyl sites for hydroxylation is 1. The average molecular weight is 776 g/mol. The SMILES string of the molecule is COc1cc(N2CCC(N3CCC(OC)CC3)CC2)c(-c2cnn(C)c2)cc1Nc1ncc(Br)c(Nc2ccc3nccnc3c2P(C)(C)=O)n1. The number of likely N-dealkylation sites (tertiary alicyclic amines) is 1. The van der Waals surface area contributed by atoms with E-state index in [9.17, 15) is 4.57 Å². The maximum absolute atomic E-state index is 13.5. The van der Waals surface area contributed by atoms with E-state index < -0.39 is 7.14 Å². The molecule has 0 atom stereocenters. The van der Waals surface area contributed by atoms with Crippen molar-refractivity contribution in [3.8, 4) is 16.9 Å². The summed E-state index contributed by atoms with van der Waals surface area (Å²) in [7, 11) is 2.66. The molecule has 0 amide bonds. The molecule has 13 nitrogen and oxygen atoms in total. The molecule has 7 rings (SSSR count). The maximum atomic E-state index is 13.5. The van der Waals surface area contributed by atoms with Crippen LogP contribution in [0.15, 0.2) is 59.7 Å². The molecule has 5 heterocycles. The number of nitrogens with one attached hydrogen (secondary N) is 2. The van der Waals surface area contributed by atoms with Gasteiger partial charge in [0, 0.05) is 94.0 Å². The number of hydrogen-bond donors (Lipinski definition) is 2. The van der Waals surface area contributed by atoms with Crippen molar-refractivity contribution in [3.05, 3.63) is 59.7 Å². The molecule has 51 heavy (non-hydrogen) atoms. The fraction of sp³-hybridized carbons (Fsp3) is 0.417. The molecule has 2 aliphatic heterocycles. The predicted octanol–water partition coefficient (Wildman–Crippen LogP) is 6.41. The molecule has 0 spiro atoms. The Labute approximate surface area is 306 Å². The molecule has 2 aromatic carbocycles. The van der Waals surface area contributed by atoms with E-state index >= 15 is 0 Å². The summed E-state index contributed by atoms with van der Waals surface area (Å²) in [5.74, 6) is 1.54. The summed E-state index contributed by atoms with van der Waals surface area (Å²) in [5.41, 5.74) is 5.81. The van der Waals surface area contributed by atoms with Gasteiger partial charge in [0.25, 0.3) is 0 Å². The minimum absolute atomic E-state index is 0.361. The summed E-state index contributed by atoms with van der Waals surface area (Å²) >= 11 is 3.60. The number of halogens is 1. The second kappa shape index (κ2) is 14.9. The van der Waals surface area contributed by atoms with Gasteiger partial charge in [-0.25, -0.2) is 4.98 Å². The van der Waals surface area contributed by atoms with Crippen LogP contribution in [0.5, 0.6) is 5.75 Å². The van der Waals surface area contributed by atoms with Crippen molar-refractivity contribution in [2.45, 2.75) is 37.8 Å². The predicted molar refractivity (Wildman–Crippen MR) is 207 cm³/mol. The number of hydrogen-bond acceptors (Lipinski definition) is 12. The highest BCUT2D eigenvalue weighted by Crippen LogP contribution is 2.43. The maximum Gasteiger partial charge on any atom is 0.229 e. The van der Waals surface area contributed by atoms with Gasteiger partial charge in [0.15, 0.2) is 0 Å². The molecule has 0 aliphatic carbocycles. The summed E-state index contributed by atoms with van der Waals surface area (Å²) < 4.78 is 27.6. The van der Waals surface area contributed by atoms with Crippen LogP contribution in [0.4, 0.5) is 28.8 Å². The Balaban J connectivity index is 1.17. The van der Waals surface area contributed by atoms with Crippen molar-refractivity contribution >= 4 is 68.2 Å². The van der Waals surface area contributed by atoms with Gasteiger partial charge in [-0.2, -0.15) is 10.1 Å². The third kappa shape index (κ3) is 7.60. The van der Waals surface area contributed by atoms with Crippen molar-refractivity contribution in [2.75, 3.05) is 69.3 Å². The molecule has 2 N–H and O–H groups in total. The number of ether oxygens (including phenoxy) is 2. The van der Waals surface area contributed by atoms with Gasteiger partial charge in [-0.3, -0.25) is 14.6 Å². The quantitative estimate of drug-likeness (QED) is 0.152. The van der Waals surface area contributed by atoms with E-state index in [2.05, 4.69) is 68.5 Å². The third-order valence-corrected chi connectivity index (χ3v) is 12.0. The highest BCUT2D eigenvalue weighted by atomic mass is 79.9. The van der Waals surface area contributed by atoms with Crippen molar-refractivity contribution in [1.29, 1.82) is 0 Å². The molecule has 3 aromatic heterocycles. The standard InChI is InChI=1S/C36H44BrN10O3P/c1-45-22-23(20-41-45)26-18-30(32(50-3)19-31(26)47-14-8-24(9-15-47)46-16-10-25(49-2)11-17-46)43-36-40-21-27(37)35(44-36)42-29-7-6-28-33(39-13-12-38-28)34(29)51(4,5)48/h6-7,12-13,18-22,24-25H,8-11,14-17H2,1-5H3,(H2,40,42,43,44). The highest BCUT2D eigenvalue weighted by Gasteiger charge is 2.30. The van der Waals surface area contributed by atoms with E-state index in [0.717, 1.165) is 74.4 Å². The lowest BCUT2D eigenvalue weighted by molar-refractivity contribution is 0.0233. The van der Waals surface area contributed by atoms with E-state index in [1.54, 1.807) is 39.0 Å². The third-order valence-electron chi connectivity index (χ3n) is 9.86. The Hall–Kier alpha value is -4.10. The molecule has 0 bridgehead atoms. The summed E-state index contributed by atoms with van der Waals surface area (Å²) in [6.45, 7) is 7.57. The van der Waals surface area contributed by atoms with Crippen LogP contribution in [-0.2, 0) is 16.3 Å².